The lowest BCUT2D eigenvalue weighted by Crippen LogP contribution is -2.39. The molecule has 0 unspecified atom stereocenters. The Labute approximate surface area is 123 Å². The number of hydrogen-bond donors (Lipinski definition) is 1. The molecule has 0 spiro atoms. The molecule has 1 N–H and O–H groups in total. The van der Waals surface area contributed by atoms with Crippen LogP contribution in [0.25, 0.3) is 0 Å². The topological polar surface area (TPSA) is 62.3 Å². The number of nitrogens with one attached hydrogen (secondary N) is 1. The second kappa shape index (κ2) is 7.19. The van der Waals surface area contributed by atoms with Crippen molar-refractivity contribution < 1.29 is 9.59 Å². The van der Waals surface area contributed by atoms with Crippen LogP contribution in [0.15, 0.2) is 54.7 Å². The standard InChI is InChI=1S/C16H17N3O2/c1-2-19(12-13-8-4-3-5-9-13)16(21)15(20)18-14-10-6-7-11-17-14/h3-11H,2,12H2,1H3,(H,17,18,20). The van der Waals surface area contributed by atoms with Gasteiger partial charge >= 0.3 is 11.8 Å². The Hall–Kier alpha value is -2.69. The van der Waals surface area contributed by atoms with E-state index >= 15 is 0 Å². The van der Waals surface area contributed by atoms with Crippen LogP contribution in [0.2, 0.25) is 0 Å². The fourth-order valence-electron chi connectivity index (χ4n) is 1.88. The molecule has 1 aromatic heterocycles. The second-order valence-electron chi connectivity index (χ2n) is 4.47. The third kappa shape index (κ3) is 4.14. The first-order valence-corrected chi connectivity index (χ1v) is 6.76. The average Bonchev–Trinajstić information content (AvgIpc) is 2.54. The van der Waals surface area contributed by atoms with Crippen LogP contribution in [-0.4, -0.2) is 28.2 Å². The molecular weight excluding hydrogens is 266 g/mol. The third-order valence-electron chi connectivity index (χ3n) is 2.99. The molecule has 1 heterocycles. The molecule has 2 amide bonds. The number of aromatic nitrogens is 1. The number of benzene rings is 1. The molecule has 21 heavy (non-hydrogen) atoms. The van der Waals surface area contributed by atoms with E-state index in [1.165, 1.54) is 4.90 Å². The van der Waals surface area contributed by atoms with E-state index in [0.29, 0.717) is 18.9 Å². The van der Waals surface area contributed by atoms with Gasteiger partial charge in [-0.2, -0.15) is 0 Å². The van der Waals surface area contributed by atoms with Crippen LogP contribution in [0.4, 0.5) is 5.82 Å². The van der Waals surface area contributed by atoms with Crippen molar-refractivity contribution in [3.05, 3.63) is 60.3 Å². The molecule has 0 aliphatic rings. The van der Waals surface area contributed by atoms with Crippen molar-refractivity contribution in [2.75, 3.05) is 11.9 Å². The van der Waals surface area contributed by atoms with Gasteiger partial charge in [-0.1, -0.05) is 36.4 Å². The van der Waals surface area contributed by atoms with E-state index in [4.69, 9.17) is 0 Å². The Balaban J connectivity index is 2.01. The van der Waals surface area contributed by atoms with E-state index in [0.717, 1.165) is 5.56 Å². The van der Waals surface area contributed by atoms with Gasteiger partial charge in [0.05, 0.1) is 0 Å². The van der Waals surface area contributed by atoms with Gasteiger partial charge in [0, 0.05) is 19.3 Å². The van der Waals surface area contributed by atoms with Crippen LogP contribution >= 0.6 is 0 Å². The molecule has 0 radical (unpaired) electrons. The SMILES string of the molecule is CCN(Cc1ccccc1)C(=O)C(=O)Nc1ccccn1. The normalized spacial score (nSPS) is 9.95. The quantitative estimate of drug-likeness (QED) is 0.874. The zero-order valence-electron chi connectivity index (χ0n) is 11.8. The van der Waals surface area contributed by atoms with Gasteiger partial charge in [0.25, 0.3) is 0 Å². The maximum Gasteiger partial charge on any atom is 0.315 e. The van der Waals surface area contributed by atoms with Crippen molar-refractivity contribution in [1.82, 2.24) is 9.88 Å². The molecule has 0 aliphatic heterocycles. The highest BCUT2D eigenvalue weighted by Gasteiger charge is 2.21. The van der Waals surface area contributed by atoms with Crippen LogP contribution < -0.4 is 5.32 Å². The second-order valence-corrected chi connectivity index (χ2v) is 4.47. The summed E-state index contributed by atoms with van der Waals surface area (Å²) in [5.74, 6) is -0.870. The first-order valence-electron chi connectivity index (χ1n) is 6.76. The number of carbonyl (C=O) groups is 2. The van der Waals surface area contributed by atoms with Crippen LogP contribution in [-0.2, 0) is 16.1 Å². The fraction of sp³-hybridized carbons (Fsp3) is 0.188. The summed E-state index contributed by atoms with van der Waals surface area (Å²) in [4.78, 5) is 29.6. The maximum atomic E-state index is 12.2. The number of likely N-dealkylation sites (N-methyl/N-ethyl adjacent to an activating group) is 1. The fourth-order valence-corrected chi connectivity index (χ4v) is 1.88. The predicted molar refractivity (Wildman–Crippen MR) is 80.4 cm³/mol. The van der Waals surface area contributed by atoms with Crippen molar-refractivity contribution in [2.45, 2.75) is 13.5 Å². The summed E-state index contributed by atoms with van der Waals surface area (Å²) in [5.41, 5.74) is 0.985. The van der Waals surface area contributed by atoms with Crippen LogP contribution in [0.5, 0.6) is 0 Å². The summed E-state index contributed by atoms with van der Waals surface area (Å²) in [6, 6.07) is 14.7. The van der Waals surface area contributed by atoms with Crippen molar-refractivity contribution in [1.29, 1.82) is 0 Å². The molecule has 0 saturated carbocycles. The number of hydrogen-bond acceptors (Lipinski definition) is 3. The van der Waals surface area contributed by atoms with Gasteiger partial charge in [-0.25, -0.2) is 4.98 Å². The summed E-state index contributed by atoms with van der Waals surface area (Å²) < 4.78 is 0. The zero-order chi connectivity index (χ0) is 15.1. The Morgan fingerprint density at radius 3 is 2.43 bits per heavy atom. The molecule has 0 saturated heterocycles. The Bertz CT molecular complexity index is 599. The van der Waals surface area contributed by atoms with E-state index in [1.54, 1.807) is 24.4 Å². The summed E-state index contributed by atoms with van der Waals surface area (Å²) in [6.45, 7) is 2.71. The number of rotatable bonds is 4. The number of carbonyl (C=O) groups excluding carboxylic acids is 2. The molecule has 0 bridgehead atoms. The molecule has 0 aliphatic carbocycles. The molecule has 2 rings (SSSR count). The van der Waals surface area contributed by atoms with E-state index in [-0.39, 0.29) is 0 Å². The smallest absolute Gasteiger partial charge is 0.315 e. The predicted octanol–water partition coefficient (Wildman–Crippen LogP) is 2.07. The van der Waals surface area contributed by atoms with Gasteiger partial charge in [0.2, 0.25) is 0 Å². The molecule has 108 valence electrons. The highest BCUT2D eigenvalue weighted by molar-refractivity contribution is 6.39. The molecule has 2 aromatic rings. The average molecular weight is 283 g/mol. The number of nitrogens with zero attached hydrogens (tertiary/aromatic N) is 2. The van der Waals surface area contributed by atoms with Crippen molar-refractivity contribution in [3.8, 4) is 0 Å². The minimum absolute atomic E-state index is 0.367. The van der Waals surface area contributed by atoms with Crippen molar-refractivity contribution >= 4 is 17.6 Å². The number of anilines is 1. The molecule has 0 fully saturated rings. The van der Waals surface area contributed by atoms with Crippen molar-refractivity contribution in [3.63, 3.8) is 0 Å². The largest absolute Gasteiger partial charge is 0.330 e. The van der Waals surface area contributed by atoms with Crippen LogP contribution in [0.1, 0.15) is 12.5 Å². The van der Waals surface area contributed by atoms with Gasteiger partial charge in [0.15, 0.2) is 0 Å². The monoisotopic (exact) mass is 283 g/mol. The molecular formula is C16H17N3O2. The van der Waals surface area contributed by atoms with E-state index in [9.17, 15) is 9.59 Å². The zero-order valence-corrected chi connectivity index (χ0v) is 11.8. The molecule has 5 heteroatoms. The lowest BCUT2D eigenvalue weighted by Gasteiger charge is -2.20. The van der Waals surface area contributed by atoms with E-state index in [1.807, 2.05) is 37.3 Å². The van der Waals surface area contributed by atoms with E-state index in [2.05, 4.69) is 10.3 Å². The van der Waals surface area contributed by atoms with Crippen molar-refractivity contribution in [2.24, 2.45) is 0 Å². The lowest BCUT2D eigenvalue weighted by atomic mass is 10.2. The third-order valence-corrected chi connectivity index (χ3v) is 2.99. The van der Waals surface area contributed by atoms with Crippen LogP contribution in [0.3, 0.4) is 0 Å². The summed E-state index contributed by atoms with van der Waals surface area (Å²) >= 11 is 0. The lowest BCUT2D eigenvalue weighted by molar-refractivity contribution is -0.143. The van der Waals surface area contributed by atoms with Gasteiger partial charge in [-0.15, -0.1) is 0 Å². The first-order chi connectivity index (χ1) is 10.2. The Morgan fingerprint density at radius 2 is 1.81 bits per heavy atom. The van der Waals surface area contributed by atoms with E-state index < -0.39 is 11.8 Å². The highest BCUT2D eigenvalue weighted by Crippen LogP contribution is 2.06. The van der Waals surface area contributed by atoms with Gasteiger partial charge in [-0.3, -0.25) is 9.59 Å². The maximum absolute atomic E-state index is 12.2. The van der Waals surface area contributed by atoms with Gasteiger partial charge in [-0.05, 0) is 24.6 Å². The number of amides is 2. The first kappa shape index (κ1) is 14.7. The Kier molecular flexibility index (Phi) is 5.04. The van der Waals surface area contributed by atoms with Gasteiger partial charge in [0.1, 0.15) is 5.82 Å². The Morgan fingerprint density at radius 1 is 1.10 bits per heavy atom. The molecule has 5 nitrogen and oxygen atoms in total. The minimum Gasteiger partial charge on any atom is -0.330 e. The minimum atomic E-state index is -0.675. The summed E-state index contributed by atoms with van der Waals surface area (Å²) in [5, 5.41) is 2.50. The van der Waals surface area contributed by atoms with Crippen LogP contribution in [0, 0.1) is 0 Å². The number of pyridine rings is 1. The highest BCUT2D eigenvalue weighted by atomic mass is 16.2. The molecule has 1 aromatic carbocycles. The molecule has 0 atom stereocenters. The van der Waals surface area contributed by atoms with Gasteiger partial charge < -0.3 is 10.2 Å². The summed E-state index contributed by atoms with van der Waals surface area (Å²) in [6.07, 6.45) is 1.56. The summed E-state index contributed by atoms with van der Waals surface area (Å²) in [7, 11) is 0.